The molecular formula is C19H28N4O2S. The molecule has 0 aliphatic rings. The van der Waals surface area contributed by atoms with Gasteiger partial charge in [-0.05, 0) is 26.8 Å². The predicted molar refractivity (Wildman–Crippen MR) is 107 cm³/mol. The monoisotopic (exact) mass is 376 g/mol. The number of guanidine groups is 1. The van der Waals surface area contributed by atoms with Crippen LogP contribution in [0.1, 0.15) is 28.1 Å². The van der Waals surface area contributed by atoms with Gasteiger partial charge in [-0.3, -0.25) is 0 Å². The second-order valence-electron chi connectivity index (χ2n) is 5.74. The lowest BCUT2D eigenvalue weighted by atomic mass is 10.2. The number of nitrogens with one attached hydrogen (secondary N) is 2. The lowest BCUT2D eigenvalue weighted by molar-refractivity contribution is 0.123. The Labute approximate surface area is 159 Å². The molecule has 6 nitrogen and oxygen atoms in total. The minimum Gasteiger partial charge on any atom is -0.496 e. The lowest BCUT2D eigenvalue weighted by Gasteiger charge is -2.12. The normalized spacial score (nSPS) is 11.5. The summed E-state index contributed by atoms with van der Waals surface area (Å²) in [6.07, 6.45) is 0. The van der Waals surface area contributed by atoms with E-state index in [2.05, 4.69) is 27.5 Å². The first-order valence-electron chi connectivity index (χ1n) is 8.78. The van der Waals surface area contributed by atoms with Crippen LogP contribution in [0.4, 0.5) is 0 Å². The molecule has 1 aromatic heterocycles. The highest BCUT2D eigenvalue weighted by Crippen LogP contribution is 2.18. The van der Waals surface area contributed by atoms with Gasteiger partial charge in [0.25, 0.3) is 0 Å². The topological polar surface area (TPSA) is 67.8 Å². The van der Waals surface area contributed by atoms with Crippen molar-refractivity contribution in [1.29, 1.82) is 0 Å². The molecule has 1 heterocycles. The number of aliphatic imine (C=N–C) groups is 1. The number of nitrogens with zero attached hydrogens (tertiary/aromatic N) is 2. The highest BCUT2D eigenvalue weighted by Gasteiger charge is 2.04. The molecule has 1 aromatic carbocycles. The molecule has 0 radical (unpaired) electrons. The predicted octanol–water partition coefficient (Wildman–Crippen LogP) is 3.04. The van der Waals surface area contributed by atoms with Crippen molar-refractivity contribution in [3.63, 3.8) is 0 Å². The molecule has 0 aliphatic heterocycles. The first-order chi connectivity index (χ1) is 12.6. The molecule has 26 heavy (non-hydrogen) atoms. The number of hydrogen-bond donors (Lipinski definition) is 2. The van der Waals surface area contributed by atoms with Crippen LogP contribution >= 0.6 is 11.3 Å². The summed E-state index contributed by atoms with van der Waals surface area (Å²) in [7, 11) is 1.67. The van der Waals surface area contributed by atoms with Crippen molar-refractivity contribution in [2.75, 3.05) is 26.8 Å². The van der Waals surface area contributed by atoms with E-state index in [0.717, 1.165) is 34.5 Å². The second-order valence-corrected chi connectivity index (χ2v) is 7.02. The molecule has 2 rings (SSSR count). The van der Waals surface area contributed by atoms with Gasteiger partial charge < -0.3 is 20.1 Å². The van der Waals surface area contributed by atoms with Crippen LogP contribution in [-0.2, 0) is 17.9 Å². The Kier molecular flexibility index (Phi) is 8.37. The summed E-state index contributed by atoms with van der Waals surface area (Å²) in [4.78, 5) is 10.4. The van der Waals surface area contributed by atoms with E-state index in [4.69, 9.17) is 9.47 Å². The first-order valence-corrected chi connectivity index (χ1v) is 9.60. The van der Waals surface area contributed by atoms with Crippen LogP contribution in [0.2, 0.25) is 0 Å². The van der Waals surface area contributed by atoms with Gasteiger partial charge in [-0.15, -0.1) is 11.3 Å². The van der Waals surface area contributed by atoms with Gasteiger partial charge in [0.05, 0.1) is 32.6 Å². The first kappa shape index (κ1) is 20.2. The minimum atomic E-state index is 0.525. The van der Waals surface area contributed by atoms with Crippen LogP contribution in [0.25, 0.3) is 0 Å². The van der Waals surface area contributed by atoms with Crippen molar-refractivity contribution in [2.24, 2.45) is 4.99 Å². The molecule has 0 amide bonds. The second kappa shape index (κ2) is 10.8. The van der Waals surface area contributed by atoms with Gasteiger partial charge in [0.1, 0.15) is 10.8 Å². The quantitative estimate of drug-likeness (QED) is 0.400. The van der Waals surface area contributed by atoms with Crippen LogP contribution in [-0.4, -0.2) is 37.7 Å². The number of benzene rings is 1. The molecule has 0 saturated carbocycles. The molecule has 0 spiro atoms. The van der Waals surface area contributed by atoms with Crippen molar-refractivity contribution < 1.29 is 9.47 Å². The van der Waals surface area contributed by atoms with Gasteiger partial charge >= 0.3 is 0 Å². The summed E-state index contributed by atoms with van der Waals surface area (Å²) in [5, 5.41) is 7.56. The van der Waals surface area contributed by atoms with E-state index in [1.807, 2.05) is 38.1 Å². The van der Waals surface area contributed by atoms with Crippen molar-refractivity contribution in [1.82, 2.24) is 15.6 Å². The third-order valence-electron chi connectivity index (χ3n) is 3.78. The molecule has 2 N–H and O–H groups in total. The van der Waals surface area contributed by atoms with E-state index < -0.39 is 0 Å². The number of aromatic nitrogens is 1. The van der Waals surface area contributed by atoms with Crippen LogP contribution in [0.3, 0.4) is 0 Å². The molecule has 0 saturated heterocycles. The highest BCUT2D eigenvalue weighted by molar-refractivity contribution is 7.11. The third-order valence-corrected chi connectivity index (χ3v) is 4.84. The van der Waals surface area contributed by atoms with E-state index in [1.54, 1.807) is 18.4 Å². The molecular weight excluding hydrogens is 348 g/mol. The summed E-state index contributed by atoms with van der Waals surface area (Å²) in [6, 6.07) is 7.89. The van der Waals surface area contributed by atoms with Crippen molar-refractivity contribution in [2.45, 2.75) is 33.9 Å². The maximum Gasteiger partial charge on any atom is 0.191 e. The average molecular weight is 377 g/mol. The fourth-order valence-corrected chi connectivity index (χ4v) is 3.20. The molecule has 0 bridgehead atoms. The summed E-state index contributed by atoms with van der Waals surface area (Å²) < 4.78 is 11.1. The maximum absolute atomic E-state index is 5.74. The zero-order valence-corrected chi connectivity index (χ0v) is 16.8. The zero-order valence-electron chi connectivity index (χ0n) is 16.0. The van der Waals surface area contributed by atoms with Gasteiger partial charge in [-0.25, -0.2) is 9.98 Å². The van der Waals surface area contributed by atoms with Crippen LogP contribution in [0.5, 0.6) is 5.75 Å². The summed E-state index contributed by atoms with van der Waals surface area (Å²) in [5.74, 6) is 1.63. The van der Waals surface area contributed by atoms with Crippen LogP contribution < -0.4 is 15.4 Å². The molecule has 0 unspecified atom stereocenters. The van der Waals surface area contributed by atoms with E-state index in [9.17, 15) is 0 Å². The van der Waals surface area contributed by atoms with Crippen LogP contribution in [0, 0.1) is 13.8 Å². The van der Waals surface area contributed by atoms with Gasteiger partial charge in [0, 0.05) is 23.5 Å². The van der Waals surface area contributed by atoms with E-state index in [0.29, 0.717) is 26.3 Å². The smallest absolute Gasteiger partial charge is 0.191 e. The average Bonchev–Trinajstić information content (AvgIpc) is 2.97. The maximum atomic E-state index is 5.74. The number of thiazole rings is 1. The van der Waals surface area contributed by atoms with Crippen molar-refractivity contribution >= 4 is 17.3 Å². The van der Waals surface area contributed by atoms with Crippen molar-refractivity contribution in [3.05, 3.63) is 45.4 Å². The molecule has 0 atom stereocenters. The molecule has 2 aromatic rings. The highest BCUT2D eigenvalue weighted by atomic mass is 32.1. The van der Waals surface area contributed by atoms with E-state index >= 15 is 0 Å². The number of hydrogen-bond acceptors (Lipinski definition) is 5. The standard InChI is InChI=1S/C19H28N4O2S/c1-5-20-19(22-12-18-23-14(2)15(3)26-18)21-10-11-25-13-16-8-6-7-9-17(16)24-4/h6-9H,5,10-13H2,1-4H3,(H2,20,21,22). The number of methoxy groups -OCH3 is 1. The summed E-state index contributed by atoms with van der Waals surface area (Å²) >= 11 is 1.70. The Hall–Kier alpha value is -2.12. The molecule has 0 aliphatic carbocycles. The number of rotatable bonds is 9. The minimum absolute atomic E-state index is 0.525. The van der Waals surface area contributed by atoms with Gasteiger partial charge in [0.2, 0.25) is 0 Å². The van der Waals surface area contributed by atoms with Gasteiger partial charge in [-0.2, -0.15) is 0 Å². The Bertz CT molecular complexity index is 696. The number of para-hydroxylation sites is 1. The summed E-state index contributed by atoms with van der Waals surface area (Å²) in [5.41, 5.74) is 2.13. The Morgan fingerprint density at radius 3 is 2.73 bits per heavy atom. The molecule has 142 valence electrons. The fraction of sp³-hybridized carbons (Fsp3) is 0.474. The Balaban J connectivity index is 1.76. The SMILES string of the molecule is CCNC(=NCc1nc(C)c(C)s1)NCCOCc1ccccc1OC. The Morgan fingerprint density at radius 2 is 2.04 bits per heavy atom. The summed E-state index contributed by atoms with van der Waals surface area (Å²) in [6.45, 7) is 9.34. The van der Waals surface area contributed by atoms with E-state index in [-0.39, 0.29) is 0 Å². The van der Waals surface area contributed by atoms with E-state index in [1.165, 1.54) is 4.88 Å². The fourth-order valence-electron chi connectivity index (χ4n) is 2.34. The Morgan fingerprint density at radius 1 is 1.23 bits per heavy atom. The molecule has 0 fully saturated rings. The lowest BCUT2D eigenvalue weighted by Crippen LogP contribution is -2.38. The third kappa shape index (κ3) is 6.31. The molecule has 7 heteroatoms. The van der Waals surface area contributed by atoms with Gasteiger partial charge in [0.15, 0.2) is 5.96 Å². The number of ether oxygens (including phenoxy) is 2. The van der Waals surface area contributed by atoms with Gasteiger partial charge in [-0.1, -0.05) is 18.2 Å². The van der Waals surface area contributed by atoms with Crippen molar-refractivity contribution in [3.8, 4) is 5.75 Å². The number of aryl methyl sites for hydroxylation is 2. The zero-order chi connectivity index (χ0) is 18.8. The van der Waals surface area contributed by atoms with Crippen LogP contribution in [0.15, 0.2) is 29.3 Å². The largest absolute Gasteiger partial charge is 0.496 e.